The van der Waals surface area contributed by atoms with Gasteiger partial charge in [-0.25, -0.2) is 0 Å². The van der Waals surface area contributed by atoms with E-state index in [1.807, 2.05) is 48.9 Å². The van der Waals surface area contributed by atoms with E-state index in [1.165, 1.54) is 24.3 Å². The zero-order valence-corrected chi connectivity index (χ0v) is 16.7. The summed E-state index contributed by atoms with van der Waals surface area (Å²) in [6.45, 7) is 4.83. The molecule has 1 amide bonds. The van der Waals surface area contributed by atoms with Crippen molar-refractivity contribution < 1.29 is 18.0 Å². The van der Waals surface area contributed by atoms with E-state index in [0.717, 1.165) is 34.6 Å². The molecule has 0 atom stereocenters. The summed E-state index contributed by atoms with van der Waals surface area (Å²) in [6.07, 6.45) is -1.59. The molecule has 3 rings (SSSR count). The first-order valence-electron chi connectivity index (χ1n) is 9.44. The van der Waals surface area contributed by atoms with Crippen LogP contribution >= 0.6 is 0 Å². The smallest absolute Gasteiger partial charge is 0.348 e. The molecule has 0 saturated carbocycles. The van der Waals surface area contributed by atoms with Crippen LogP contribution in [-0.2, 0) is 24.1 Å². The fraction of sp³-hybridized carbons (Fsp3) is 0.217. The number of carbonyl (C=O) groups is 1. The Morgan fingerprint density at radius 2 is 1.73 bits per heavy atom. The number of aryl methyl sites for hydroxylation is 1. The lowest BCUT2D eigenvalue weighted by Crippen LogP contribution is -2.21. The number of nitrogens with zero attached hydrogens (tertiary/aromatic N) is 2. The van der Waals surface area contributed by atoms with E-state index in [0.29, 0.717) is 18.7 Å². The number of carbonyl (C=O) groups excluding carboxylic acids is 1. The number of hydrogen-bond donors (Lipinski definition) is 1. The minimum Gasteiger partial charge on any atom is -0.348 e. The minimum absolute atomic E-state index is 0.322. The van der Waals surface area contributed by atoms with Crippen LogP contribution in [-0.4, -0.2) is 15.7 Å². The van der Waals surface area contributed by atoms with Crippen molar-refractivity contribution >= 4 is 12.0 Å². The Morgan fingerprint density at radius 3 is 2.37 bits per heavy atom. The van der Waals surface area contributed by atoms with Crippen molar-refractivity contribution in [1.29, 1.82) is 0 Å². The van der Waals surface area contributed by atoms with Crippen LogP contribution in [0.1, 0.15) is 33.6 Å². The average Bonchev–Trinajstić information content (AvgIpc) is 2.98. The molecule has 3 aromatic rings. The van der Waals surface area contributed by atoms with Gasteiger partial charge in [0.1, 0.15) is 0 Å². The molecule has 156 valence electrons. The van der Waals surface area contributed by atoms with Gasteiger partial charge >= 0.3 is 6.18 Å². The predicted octanol–water partition coefficient (Wildman–Crippen LogP) is 4.90. The van der Waals surface area contributed by atoms with Crippen molar-refractivity contribution in [1.82, 2.24) is 15.1 Å². The van der Waals surface area contributed by atoms with Gasteiger partial charge in [0.2, 0.25) is 5.91 Å². The molecular weight excluding hydrogens is 391 g/mol. The molecule has 4 nitrogen and oxygen atoms in total. The summed E-state index contributed by atoms with van der Waals surface area (Å²) in [5.41, 5.74) is 3.70. The summed E-state index contributed by atoms with van der Waals surface area (Å²) in [7, 11) is 0. The summed E-state index contributed by atoms with van der Waals surface area (Å²) in [6, 6.07) is 14.6. The van der Waals surface area contributed by atoms with Crippen molar-refractivity contribution in [3.63, 3.8) is 0 Å². The third-order valence-corrected chi connectivity index (χ3v) is 4.81. The normalized spacial score (nSPS) is 11.8. The Kier molecular flexibility index (Phi) is 6.40. The molecule has 1 aromatic heterocycles. The van der Waals surface area contributed by atoms with Gasteiger partial charge in [-0.1, -0.05) is 42.5 Å². The molecule has 0 radical (unpaired) electrons. The monoisotopic (exact) mass is 413 g/mol. The predicted molar refractivity (Wildman–Crippen MR) is 110 cm³/mol. The largest absolute Gasteiger partial charge is 0.416 e. The lowest BCUT2D eigenvalue weighted by atomic mass is 10.1. The molecule has 0 saturated heterocycles. The number of aromatic nitrogens is 2. The van der Waals surface area contributed by atoms with E-state index in [2.05, 4.69) is 10.4 Å². The van der Waals surface area contributed by atoms with Crippen LogP contribution in [0.5, 0.6) is 0 Å². The van der Waals surface area contributed by atoms with Crippen molar-refractivity contribution in [2.75, 3.05) is 0 Å². The van der Waals surface area contributed by atoms with Crippen LogP contribution in [0.4, 0.5) is 13.2 Å². The highest BCUT2D eigenvalue weighted by Crippen LogP contribution is 2.29. The van der Waals surface area contributed by atoms with E-state index in [1.54, 1.807) is 0 Å². The third kappa shape index (κ3) is 5.37. The Bertz CT molecular complexity index is 1040. The van der Waals surface area contributed by atoms with Crippen LogP contribution in [0.25, 0.3) is 6.08 Å². The zero-order valence-electron chi connectivity index (χ0n) is 16.7. The second-order valence-electron chi connectivity index (χ2n) is 6.96. The number of rotatable bonds is 6. The molecular formula is C23H22F3N3O. The quantitative estimate of drug-likeness (QED) is 0.585. The molecule has 0 fully saturated rings. The lowest BCUT2D eigenvalue weighted by molar-refractivity contribution is -0.137. The summed E-state index contributed by atoms with van der Waals surface area (Å²) in [5, 5.41) is 7.37. The summed E-state index contributed by atoms with van der Waals surface area (Å²) in [4.78, 5) is 12.1. The Morgan fingerprint density at radius 1 is 1.07 bits per heavy atom. The molecule has 0 spiro atoms. The standard InChI is InChI=1S/C23H22F3N3O/c1-16-21(17(2)29(28-16)15-19-6-4-3-5-7-19)14-27-22(30)13-10-18-8-11-20(12-9-18)23(24,25)26/h3-13H,14-15H2,1-2H3,(H,27,30)/b13-10+. The van der Waals surface area contributed by atoms with E-state index in [9.17, 15) is 18.0 Å². The van der Waals surface area contributed by atoms with Gasteiger partial charge in [0.05, 0.1) is 17.8 Å². The Labute approximate surface area is 173 Å². The molecule has 1 N–H and O–H groups in total. The van der Waals surface area contributed by atoms with Gasteiger partial charge in [-0.15, -0.1) is 0 Å². The second kappa shape index (κ2) is 8.98. The SMILES string of the molecule is Cc1nn(Cc2ccccc2)c(C)c1CNC(=O)/C=C/c1ccc(C(F)(F)F)cc1. The topological polar surface area (TPSA) is 46.9 Å². The first-order valence-corrected chi connectivity index (χ1v) is 9.44. The average molecular weight is 413 g/mol. The maximum Gasteiger partial charge on any atom is 0.416 e. The summed E-state index contributed by atoms with van der Waals surface area (Å²) >= 11 is 0. The fourth-order valence-electron chi connectivity index (χ4n) is 3.09. The number of benzene rings is 2. The van der Waals surface area contributed by atoms with Gasteiger partial charge in [0, 0.05) is 23.9 Å². The molecule has 7 heteroatoms. The van der Waals surface area contributed by atoms with Crippen molar-refractivity contribution in [2.24, 2.45) is 0 Å². The van der Waals surface area contributed by atoms with Gasteiger partial charge in [-0.05, 0) is 43.2 Å². The number of alkyl halides is 3. The zero-order chi connectivity index (χ0) is 21.7. The Balaban J connectivity index is 1.60. The number of halogens is 3. The molecule has 0 bridgehead atoms. The highest BCUT2D eigenvalue weighted by molar-refractivity contribution is 5.91. The van der Waals surface area contributed by atoms with Crippen molar-refractivity contribution in [3.8, 4) is 0 Å². The highest BCUT2D eigenvalue weighted by atomic mass is 19.4. The molecule has 0 unspecified atom stereocenters. The molecule has 2 aromatic carbocycles. The molecule has 30 heavy (non-hydrogen) atoms. The van der Waals surface area contributed by atoms with Crippen LogP contribution in [0.2, 0.25) is 0 Å². The fourth-order valence-corrected chi connectivity index (χ4v) is 3.09. The Hall–Kier alpha value is -3.35. The number of nitrogens with one attached hydrogen (secondary N) is 1. The van der Waals surface area contributed by atoms with E-state index in [4.69, 9.17) is 0 Å². The maximum absolute atomic E-state index is 12.6. The first kappa shape index (κ1) is 21.4. The second-order valence-corrected chi connectivity index (χ2v) is 6.96. The van der Waals surface area contributed by atoms with Gasteiger partial charge in [0.25, 0.3) is 0 Å². The number of amides is 1. The van der Waals surface area contributed by atoms with Crippen LogP contribution in [0, 0.1) is 13.8 Å². The van der Waals surface area contributed by atoms with E-state index < -0.39 is 11.7 Å². The molecule has 0 aliphatic rings. The molecule has 1 heterocycles. The third-order valence-electron chi connectivity index (χ3n) is 4.81. The lowest BCUT2D eigenvalue weighted by Gasteiger charge is -2.07. The molecule has 0 aliphatic heterocycles. The van der Waals surface area contributed by atoms with Crippen molar-refractivity contribution in [2.45, 2.75) is 33.1 Å². The van der Waals surface area contributed by atoms with Gasteiger partial charge in [-0.3, -0.25) is 9.48 Å². The van der Waals surface area contributed by atoms with Gasteiger partial charge in [0.15, 0.2) is 0 Å². The van der Waals surface area contributed by atoms with Crippen LogP contribution < -0.4 is 5.32 Å². The van der Waals surface area contributed by atoms with E-state index in [-0.39, 0.29) is 5.91 Å². The first-order chi connectivity index (χ1) is 14.2. The van der Waals surface area contributed by atoms with Gasteiger partial charge in [-0.2, -0.15) is 18.3 Å². The summed E-state index contributed by atoms with van der Waals surface area (Å²) in [5.74, 6) is -0.329. The summed E-state index contributed by atoms with van der Waals surface area (Å²) < 4.78 is 39.7. The van der Waals surface area contributed by atoms with Crippen LogP contribution in [0.3, 0.4) is 0 Å². The van der Waals surface area contributed by atoms with E-state index >= 15 is 0 Å². The van der Waals surface area contributed by atoms with Crippen molar-refractivity contribution in [3.05, 3.63) is 94.3 Å². The molecule has 0 aliphatic carbocycles. The van der Waals surface area contributed by atoms with Gasteiger partial charge < -0.3 is 5.32 Å². The highest BCUT2D eigenvalue weighted by Gasteiger charge is 2.29. The maximum atomic E-state index is 12.6. The van der Waals surface area contributed by atoms with Crippen LogP contribution in [0.15, 0.2) is 60.7 Å². The minimum atomic E-state index is -4.37. The number of hydrogen-bond acceptors (Lipinski definition) is 2.